The maximum absolute atomic E-state index is 5.25. The smallest absolute Gasteiger partial charge is 0.165 e. The summed E-state index contributed by atoms with van der Waals surface area (Å²) in [4.78, 5) is 15.5. The Labute approximate surface area is 329 Å². The van der Waals surface area contributed by atoms with Gasteiger partial charge in [0.05, 0.1) is 11.0 Å². The van der Waals surface area contributed by atoms with Crippen molar-refractivity contribution in [2.75, 3.05) is 0 Å². The summed E-state index contributed by atoms with van der Waals surface area (Å²) < 4.78 is 4.85. The molecule has 11 rings (SSSR count). The van der Waals surface area contributed by atoms with Crippen LogP contribution in [0.5, 0.6) is 0 Å². The van der Waals surface area contributed by atoms with Gasteiger partial charge in [-0.2, -0.15) is 0 Å². The van der Waals surface area contributed by atoms with Crippen LogP contribution in [-0.4, -0.2) is 19.5 Å². The molecule has 268 valence electrons. The van der Waals surface area contributed by atoms with E-state index in [2.05, 4.69) is 172 Å². The fourth-order valence-electron chi connectivity index (χ4n) is 9.02. The van der Waals surface area contributed by atoms with E-state index in [1.54, 1.807) is 11.3 Å². The Bertz CT molecular complexity index is 3200. The highest BCUT2D eigenvalue weighted by Crippen LogP contribution is 2.55. The summed E-state index contributed by atoms with van der Waals surface area (Å²) in [6.07, 6.45) is 0. The van der Waals surface area contributed by atoms with E-state index < -0.39 is 0 Å². The summed E-state index contributed by atoms with van der Waals surface area (Å²) in [5.41, 5.74) is 11.6. The summed E-state index contributed by atoms with van der Waals surface area (Å²) in [7, 11) is 0. The normalized spacial score (nSPS) is 14.4. The van der Waals surface area contributed by atoms with Crippen LogP contribution in [0.25, 0.3) is 93.0 Å². The molecule has 56 heavy (non-hydrogen) atoms. The van der Waals surface area contributed by atoms with Gasteiger partial charge >= 0.3 is 0 Å². The first-order valence-corrected chi connectivity index (χ1v) is 20.1. The van der Waals surface area contributed by atoms with Gasteiger partial charge in [0.1, 0.15) is 0 Å². The zero-order chi connectivity index (χ0) is 37.8. The molecular formula is C51H38N4S. The molecule has 3 aromatic heterocycles. The molecule has 0 atom stereocenters. The van der Waals surface area contributed by atoms with E-state index in [4.69, 9.17) is 15.0 Å². The molecule has 7 aromatic carbocycles. The molecule has 0 radical (unpaired) electrons. The number of rotatable bonds is 4. The van der Waals surface area contributed by atoms with Crippen LogP contribution in [-0.2, 0) is 10.8 Å². The first-order valence-electron chi connectivity index (χ1n) is 19.3. The number of aromatic nitrogens is 4. The Morgan fingerprint density at radius 3 is 1.91 bits per heavy atom. The quantitative estimate of drug-likeness (QED) is 0.181. The lowest BCUT2D eigenvalue weighted by Crippen LogP contribution is -2.43. The number of hydrogen-bond donors (Lipinski definition) is 0. The minimum atomic E-state index is -0.0823. The van der Waals surface area contributed by atoms with E-state index >= 15 is 0 Å². The second kappa shape index (κ2) is 12.0. The maximum Gasteiger partial charge on any atom is 0.165 e. The predicted octanol–water partition coefficient (Wildman–Crippen LogP) is 13.6. The summed E-state index contributed by atoms with van der Waals surface area (Å²) in [5.74, 6) is 1.97. The molecule has 0 saturated heterocycles. The van der Waals surface area contributed by atoms with Gasteiger partial charge in [-0.15, -0.1) is 11.3 Å². The van der Waals surface area contributed by atoms with E-state index in [1.165, 1.54) is 64.2 Å². The van der Waals surface area contributed by atoms with Crippen LogP contribution in [0.2, 0.25) is 0 Å². The molecule has 1 aliphatic carbocycles. The summed E-state index contributed by atoms with van der Waals surface area (Å²) in [5, 5.41) is 4.98. The Balaban J connectivity index is 1.13. The van der Waals surface area contributed by atoms with Crippen LogP contribution in [0.4, 0.5) is 0 Å². The van der Waals surface area contributed by atoms with Crippen LogP contribution in [0, 0.1) is 0 Å². The topological polar surface area (TPSA) is 43.6 Å². The fourth-order valence-corrected chi connectivity index (χ4v) is 10.2. The van der Waals surface area contributed by atoms with Gasteiger partial charge in [0.15, 0.2) is 17.5 Å². The minimum absolute atomic E-state index is 0.0402. The second-order valence-electron chi connectivity index (χ2n) is 16.1. The van der Waals surface area contributed by atoms with Gasteiger partial charge in [0.25, 0.3) is 0 Å². The molecule has 0 N–H and O–H groups in total. The SMILES string of the molecule is CC1(C)c2ccccc2-c2cc3c(cc2C1(C)C)c1ccccc1n3-c1cccc(-c2nc(-c3ccccc3)nc(-c3cccc4c3sc3ccccc34)n2)c1. The zero-order valence-corrected chi connectivity index (χ0v) is 32.5. The summed E-state index contributed by atoms with van der Waals surface area (Å²) in [6, 6.07) is 56.6. The average molecular weight is 739 g/mol. The first-order chi connectivity index (χ1) is 27.3. The lowest BCUT2D eigenvalue weighted by molar-refractivity contribution is 0.299. The highest BCUT2D eigenvalue weighted by Gasteiger charge is 2.46. The molecule has 0 unspecified atom stereocenters. The number of fused-ring (bicyclic) bond motifs is 9. The van der Waals surface area contributed by atoms with E-state index in [1.807, 2.05) is 18.2 Å². The zero-order valence-electron chi connectivity index (χ0n) is 31.7. The standard InChI is InChI=1S/C51H38N4S/c1-50(2)41-25-11-8-20-34(41)39-30-44-40(29-42(39)51(50,3)4)35-21-9-12-26-43(35)55(44)33-19-14-18-32(28-33)48-52-47(31-16-6-5-7-17-31)53-49(54-48)38-24-15-23-37-36-22-10-13-27-45(36)56-46(37)38/h5-30H,1-4H3. The highest BCUT2D eigenvalue weighted by atomic mass is 32.1. The van der Waals surface area contributed by atoms with Crippen LogP contribution >= 0.6 is 11.3 Å². The molecule has 5 heteroatoms. The molecule has 0 spiro atoms. The predicted molar refractivity (Wildman–Crippen MR) is 235 cm³/mol. The van der Waals surface area contributed by atoms with Crippen molar-refractivity contribution in [2.24, 2.45) is 0 Å². The van der Waals surface area contributed by atoms with Gasteiger partial charge in [0, 0.05) is 53.3 Å². The molecule has 0 amide bonds. The monoisotopic (exact) mass is 738 g/mol. The molecule has 10 aromatic rings. The Morgan fingerprint density at radius 2 is 1.05 bits per heavy atom. The van der Waals surface area contributed by atoms with Gasteiger partial charge in [0.2, 0.25) is 0 Å². The number of para-hydroxylation sites is 1. The largest absolute Gasteiger partial charge is 0.309 e. The van der Waals surface area contributed by atoms with Gasteiger partial charge in [-0.05, 0) is 75.5 Å². The molecule has 0 fully saturated rings. The van der Waals surface area contributed by atoms with Gasteiger partial charge < -0.3 is 4.57 Å². The van der Waals surface area contributed by atoms with E-state index in [9.17, 15) is 0 Å². The van der Waals surface area contributed by atoms with Crippen molar-refractivity contribution < 1.29 is 0 Å². The van der Waals surface area contributed by atoms with E-state index in [-0.39, 0.29) is 10.8 Å². The van der Waals surface area contributed by atoms with Crippen LogP contribution in [0.15, 0.2) is 158 Å². The Hall–Kier alpha value is -6.43. The Kier molecular flexibility index (Phi) is 7.08. The summed E-state index contributed by atoms with van der Waals surface area (Å²) in [6.45, 7) is 9.60. The number of hydrogen-bond acceptors (Lipinski definition) is 4. The number of thiophene rings is 1. The molecule has 0 aliphatic heterocycles. The van der Waals surface area contributed by atoms with E-state index in [0.29, 0.717) is 17.5 Å². The van der Waals surface area contributed by atoms with Crippen molar-refractivity contribution in [1.29, 1.82) is 0 Å². The van der Waals surface area contributed by atoms with Crippen LogP contribution in [0.3, 0.4) is 0 Å². The lowest BCUT2D eigenvalue weighted by atomic mass is 9.55. The van der Waals surface area contributed by atoms with Crippen molar-refractivity contribution in [3.8, 4) is 51.0 Å². The lowest BCUT2D eigenvalue weighted by Gasteiger charge is -2.48. The molecular weight excluding hydrogens is 701 g/mol. The number of nitrogens with zero attached hydrogens (tertiary/aromatic N) is 4. The molecule has 0 saturated carbocycles. The third kappa shape index (κ3) is 4.74. The molecule has 0 bridgehead atoms. The molecule has 4 nitrogen and oxygen atoms in total. The van der Waals surface area contributed by atoms with Crippen molar-refractivity contribution in [2.45, 2.75) is 38.5 Å². The summed E-state index contributed by atoms with van der Waals surface area (Å²) >= 11 is 1.79. The van der Waals surface area contributed by atoms with Crippen LogP contribution in [0.1, 0.15) is 38.8 Å². The van der Waals surface area contributed by atoms with Crippen molar-refractivity contribution >= 4 is 53.3 Å². The molecule has 3 heterocycles. The van der Waals surface area contributed by atoms with Gasteiger partial charge in [-0.25, -0.2) is 15.0 Å². The minimum Gasteiger partial charge on any atom is -0.309 e. The third-order valence-corrected chi connectivity index (χ3v) is 13.8. The highest BCUT2D eigenvalue weighted by molar-refractivity contribution is 7.26. The first kappa shape index (κ1) is 33.0. The van der Waals surface area contributed by atoms with Crippen molar-refractivity contribution in [3.63, 3.8) is 0 Å². The average Bonchev–Trinajstić information content (AvgIpc) is 3.78. The maximum atomic E-state index is 5.25. The van der Waals surface area contributed by atoms with Gasteiger partial charge in [-0.3, -0.25) is 0 Å². The molecule has 1 aliphatic rings. The van der Waals surface area contributed by atoms with Crippen LogP contribution < -0.4 is 0 Å². The van der Waals surface area contributed by atoms with Crippen molar-refractivity contribution in [3.05, 3.63) is 169 Å². The fraction of sp³-hybridized carbons (Fsp3) is 0.118. The third-order valence-electron chi connectivity index (χ3n) is 12.6. The number of benzene rings is 7. The van der Waals surface area contributed by atoms with Crippen molar-refractivity contribution in [1.82, 2.24) is 19.5 Å². The van der Waals surface area contributed by atoms with E-state index in [0.717, 1.165) is 22.4 Å². The Morgan fingerprint density at radius 1 is 0.429 bits per heavy atom. The van der Waals surface area contributed by atoms with Gasteiger partial charge in [-0.1, -0.05) is 143 Å². The second-order valence-corrected chi connectivity index (χ2v) is 17.1.